The minimum Gasteiger partial charge on any atom is -0.375 e. The van der Waals surface area contributed by atoms with Crippen LogP contribution in [0.1, 0.15) is 27.9 Å². The van der Waals surface area contributed by atoms with Crippen LogP contribution in [0.2, 0.25) is 0 Å². The van der Waals surface area contributed by atoms with Gasteiger partial charge in [0.1, 0.15) is 0 Å². The van der Waals surface area contributed by atoms with Crippen molar-refractivity contribution in [2.24, 2.45) is 0 Å². The Bertz CT molecular complexity index is 1100. The number of fused-ring (bicyclic) bond motifs is 1. The van der Waals surface area contributed by atoms with Crippen molar-refractivity contribution in [1.82, 2.24) is 0 Å². The lowest BCUT2D eigenvalue weighted by molar-refractivity contribution is -0.135. The molecule has 0 radical (unpaired) electrons. The van der Waals surface area contributed by atoms with E-state index in [1.165, 1.54) is 0 Å². The van der Waals surface area contributed by atoms with Gasteiger partial charge in [-0.2, -0.15) is 0 Å². The number of carbonyl (C=O) groups excluding carboxylic acids is 2. The quantitative estimate of drug-likeness (QED) is 0.328. The minimum absolute atomic E-state index is 0.266. The van der Waals surface area contributed by atoms with Crippen molar-refractivity contribution in [2.75, 3.05) is 11.4 Å². The molecule has 152 valence electrons. The van der Waals surface area contributed by atoms with Crippen LogP contribution in [-0.2, 0) is 16.8 Å². The number of hydrogen-bond acceptors (Lipinski definition) is 3. The zero-order valence-corrected chi connectivity index (χ0v) is 19.8. The average Bonchev–Trinajstić information content (AvgIpc) is 2.94. The molecule has 1 aliphatic heterocycles. The summed E-state index contributed by atoms with van der Waals surface area (Å²) in [7, 11) is 0. The van der Waals surface area contributed by atoms with Gasteiger partial charge in [0, 0.05) is 25.7 Å². The zero-order valence-electron chi connectivity index (χ0n) is 16.0. The molecule has 3 aromatic carbocycles. The lowest BCUT2D eigenvalue weighted by atomic mass is 9.88. The van der Waals surface area contributed by atoms with E-state index in [0.717, 1.165) is 13.6 Å². The Morgan fingerprint density at radius 1 is 1.03 bits per heavy atom. The number of anilines is 1. The number of halogens is 2. The summed E-state index contributed by atoms with van der Waals surface area (Å²) in [6.07, 6.45) is 0.362. The summed E-state index contributed by atoms with van der Waals surface area (Å²) in [5, 5.41) is 11.5. The van der Waals surface area contributed by atoms with Gasteiger partial charge in [0.25, 0.3) is 5.91 Å². The number of carbonyl (C=O) groups is 2. The summed E-state index contributed by atoms with van der Waals surface area (Å²) in [6, 6.07) is 22.4. The summed E-state index contributed by atoms with van der Waals surface area (Å²) in [5.74, 6) is -0.719. The molecule has 4 nitrogen and oxygen atoms in total. The molecule has 0 unspecified atom stereocenters. The zero-order chi connectivity index (χ0) is 21.3. The van der Waals surface area contributed by atoms with Crippen molar-refractivity contribution in [3.8, 4) is 0 Å². The highest BCUT2D eigenvalue weighted by molar-refractivity contribution is 14.1. The Morgan fingerprint density at radius 2 is 1.73 bits per heavy atom. The van der Waals surface area contributed by atoms with E-state index in [1.807, 2.05) is 54.6 Å². The first-order valence-electron chi connectivity index (χ1n) is 9.55. The van der Waals surface area contributed by atoms with Gasteiger partial charge in [-0.1, -0.05) is 58.4 Å². The Labute approximate surface area is 197 Å². The molecule has 0 aromatic heterocycles. The van der Waals surface area contributed by atoms with Crippen LogP contribution in [0, 0.1) is 3.57 Å². The van der Waals surface area contributed by atoms with Crippen LogP contribution in [0.5, 0.6) is 0 Å². The molecular formula is C24H19BrINO3. The molecule has 1 amide bonds. The average molecular weight is 576 g/mol. The van der Waals surface area contributed by atoms with Crippen LogP contribution in [0.25, 0.3) is 0 Å². The molecule has 0 fully saturated rings. The number of rotatable bonds is 6. The van der Waals surface area contributed by atoms with Gasteiger partial charge in [0.05, 0.1) is 12.1 Å². The van der Waals surface area contributed by atoms with Gasteiger partial charge in [0.2, 0.25) is 0 Å². The molecule has 1 heterocycles. The third kappa shape index (κ3) is 4.08. The van der Waals surface area contributed by atoms with Crippen LogP contribution in [0.3, 0.4) is 0 Å². The second-order valence-electron chi connectivity index (χ2n) is 7.32. The molecule has 0 saturated carbocycles. The lowest BCUT2D eigenvalue weighted by Crippen LogP contribution is -2.42. The highest BCUT2D eigenvalue weighted by Crippen LogP contribution is 2.44. The van der Waals surface area contributed by atoms with Crippen LogP contribution in [0.4, 0.5) is 5.69 Å². The van der Waals surface area contributed by atoms with E-state index < -0.39 is 11.5 Å². The number of amides is 1. The normalized spacial score (nSPS) is 17.8. The molecule has 30 heavy (non-hydrogen) atoms. The SMILES string of the molecule is O=C(C[C@@]1(O)C(=O)N(CCc2ccccc2)c2ccc(Br)cc21)c1ccc(I)cc1. The first kappa shape index (κ1) is 21.2. The van der Waals surface area contributed by atoms with Gasteiger partial charge >= 0.3 is 0 Å². The van der Waals surface area contributed by atoms with Crippen molar-refractivity contribution in [3.63, 3.8) is 0 Å². The lowest BCUT2D eigenvalue weighted by Gasteiger charge is -2.23. The molecule has 0 spiro atoms. The van der Waals surface area contributed by atoms with E-state index >= 15 is 0 Å². The van der Waals surface area contributed by atoms with Gasteiger partial charge in [-0.15, -0.1) is 0 Å². The number of nitrogens with zero attached hydrogens (tertiary/aromatic N) is 1. The number of benzene rings is 3. The topological polar surface area (TPSA) is 57.6 Å². The molecule has 0 saturated heterocycles. The number of hydrogen-bond donors (Lipinski definition) is 1. The third-order valence-electron chi connectivity index (χ3n) is 5.34. The maximum absolute atomic E-state index is 13.3. The molecule has 6 heteroatoms. The van der Waals surface area contributed by atoms with E-state index in [-0.39, 0.29) is 12.2 Å². The minimum atomic E-state index is -1.88. The van der Waals surface area contributed by atoms with E-state index in [2.05, 4.69) is 38.5 Å². The van der Waals surface area contributed by atoms with Gasteiger partial charge in [-0.25, -0.2) is 0 Å². The van der Waals surface area contributed by atoms with Gasteiger partial charge in [-0.05, 0) is 64.9 Å². The van der Waals surface area contributed by atoms with Crippen molar-refractivity contribution in [1.29, 1.82) is 0 Å². The fraction of sp³-hybridized carbons (Fsp3) is 0.167. The predicted molar refractivity (Wildman–Crippen MR) is 129 cm³/mol. The Hall–Kier alpha value is -2.03. The molecule has 0 bridgehead atoms. The summed E-state index contributed by atoms with van der Waals surface area (Å²) in [4.78, 5) is 27.8. The van der Waals surface area contributed by atoms with Crippen molar-refractivity contribution in [3.05, 3.63) is 97.5 Å². The number of Topliss-reactive ketones (excluding diaryl/α,β-unsaturated/α-hetero) is 1. The largest absolute Gasteiger partial charge is 0.375 e. The molecule has 3 aromatic rings. The van der Waals surface area contributed by atoms with Crippen molar-refractivity contribution < 1.29 is 14.7 Å². The summed E-state index contributed by atoms with van der Waals surface area (Å²) in [5.41, 5.74) is 0.826. The summed E-state index contributed by atoms with van der Waals surface area (Å²) in [6.45, 7) is 0.428. The smallest absolute Gasteiger partial charge is 0.264 e. The Balaban J connectivity index is 1.64. The molecule has 0 aliphatic carbocycles. The number of ketones is 1. The number of aliphatic hydroxyl groups is 1. The summed E-state index contributed by atoms with van der Waals surface area (Å²) >= 11 is 5.59. The highest BCUT2D eigenvalue weighted by Gasteiger charge is 2.50. The van der Waals surface area contributed by atoms with E-state index in [1.54, 1.807) is 23.1 Å². The fourth-order valence-corrected chi connectivity index (χ4v) is 4.49. The van der Waals surface area contributed by atoms with Crippen molar-refractivity contribution >= 4 is 55.9 Å². The second kappa shape index (κ2) is 8.61. The van der Waals surface area contributed by atoms with Crippen LogP contribution in [-0.4, -0.2) is 23.3 Å². The molecular weight excluding hydrogens is 557 g/mol. The van der Waals surface area contributed by atoms with E-state index in [0.29, 0.717) is 29.8 Å². The van der Waals surface area contributed by atoms with Crippen molar-refractivity contribution in [2.45, 2.75) is 18.4 Å². The van der Waals surface area contributed by atoms with Crippen LogP contribution >= 0.6 is 38.5 Å². The first-order chi connectivity index (χ1) is 14.4. The van der Waals surface area contributed by atoms with E-state index in [9.17, 15) is 14.7 Å². The predicted octanol–water partition coefficient (Wildman–Crippen LogP) is 5.10. The first-order valence-corrected chi connectivity index (χ1v) is 11.4. The molecule has 1 N–H and O–H groups in total. The standard InChI is InChI=1S/C24H19BrINO3/c25-18-8-11-21-20(14-18)24(30,15-22(28)17-6-9-19(26)10-7-17)23(29)27(21)13-12-16-4-2-1-3-5-16/h1-11,14,30H,12-13,15H2/t24-/m0/s1. The van der Waals surface area contributed by atoms with E-state index in [4.69, 9.17) is 0 Å². The Morgan fingerprint density at radius 3 is 2.43 bits per heavy atom. The highest BCUT2D eigenvalue weighted by atomic mass is 127. The van der Waals surface area contributed by atoms with Gasteiger partial charge in [-0.3, -0.25) is 9.59 Å². The monoisotopic (exact) mass is 575 g/mol. The third-order valence-corrected chi connectivity index (χ3v) is 6.56. The van der Waals surface area contributed by atoms with Gasteiger partial charge < -0.3 is 10.0 Å². The van der Waals surface area contributed by atoms with Crippen LogP contribution in [0.15, 0.2) is 77.3 Å². The molecule has 1 atom stereocenters. The Kier molecular flexibility index (Phi) is 6.09. The molecule has 4 rings (SSSR count). The summed E-state index contributed by atoms with van der Waals surface area (Å²) < 4.78 is 1.76. The maximum Gasteiger partial charge on any atom is 0.264 e. The van der Waals surface area contributed by atoms with Gasteiger partial charge in [0.15, 0.2) is 11.4 Å². The maximum atomic E-state index is 13.3. The second-order valence-corrected chi connectivity index (χ2v) is 9.48. The van der Waals surface area contributed by atoms with Crippen LogP contribution < -0.4 is 4.90 Å². The molecule has 1 aliphatic rings. The fourth-order valence-electron chi connectivity index (χ4n) is 3.77.